The summed E-state index contributed by atoms with van der Waals surface area (Å²) < 4.78 is 5.15. The molecule has 1 aliphatic heterocycles. The highest BCUT2D eigenvalue weighted by Gasteiger charge is 2.27. The molecule has 0 spiro atoms. The number of hydrazone groups is 1. The molecule has 1 aromatic heterocycles. The number of thioether (sulfide) groups is 1. The van der Waals surface area contributed by atoms with Crippen molar-refractivity contribution in [2.45, 2.75) is 19.8 Å². The summed E-state index contributed by atoms with van der Waals surface area (Å²) in [6, 6.07) is 0. The van der Waals surface area contributed by atoms with Crippen LogP contribution < -0.4 is 10.2 Å². The van der Waals surface area contributed by atoms with E-state index in [9.17, 15) is 9.59 Å². The lowest BCUT2D eigenvalue weighted by molar-refractivity contribution is -0.125. The van der Waals surface area contributed by atoms with Crippen LogP contribution in [0, 0.1) is 0 Å². The van der Waals surface area contributed by atoms with Gasteiger partial charge in [0.25, 0.3) is 5.91 Å². The predicted molar refractivity (Wildman–Crippen MR) is 82.2 cm³/mol. The summed E-state index contributed by atoms with van der Waals surface area (Å²) in [5, 5.41) is 4.51. The van der Waals surface area contributed by atoms with Gasteiger partial charge in [-0.05, 0) is 6.42 Å². The van der Waals surface area contributed by atoms with Crippen molar-refractivity contribution in [1.29, 1.82) is 0 Å². The maximum Gasteiger partial charge on any atom is 0.278 e. The number of rotatable bonds is 7. The minimum atomic E-state index is -0.423. The summed E-state index contributed by atoms with van der Waals surface area (Å²) in [5.74, 6) is 0.213. The highest BCUT2D eigenvalue weighted by Crippen LogP contribution is 2.19. The Morgan fingerprint density at radius 1 is 1.55 bits per heavy atom. The molecule has 1 fully saturated rings. The normalized spacial score (nSPS) is 16.1. The lowest BCUT2D eigenvalue weighted by Gasteiger charge is -2.14. The Labute approximate surface area is 132 Å². The minimum absolute atomic E-state index is 0.0160. The monoisotopic (exact) mass is 323 g/mol. The van der Waals surface area contributed by atoms with Gasteiger partial charge in [-0.15, -0.1) is 5.10 Å². The van der Waals surface area contributed by atoms with Crippen molar-refractivity contribution in [3.63, 3.8) is 0 Å². The number of amidine groups is 1. The Balaban J connectivity index is 1.82. The lowest BCUT2D eigenvalue weighted by atomic mass is 10.3. The topological polar surface area (TPSA) is 96.8 Å². The number of aromatic nitrogens is 2. The average molecular weight is 323 g/mol. The Morgan fingerprint density at radius 3 is 3.14 bits per heavy atom. The van der Waals surface area contributed by atoms with Gasteiger partial charge in [0.2, 0.25) is 11.8 Å². The molecule has 2 amide bonds. The molecule has 8 nitrogen and oxygen atoms in total. The Kier molecular flexibility index (Phi) is 6.13. The number of unbranched alkanes of at least 4 members (excludes halogenated alkanes) is 1. The van der Waals surface area contributed by atoms with Crippen LogP contribution in [-0.4, -0.2) is 50.8 Å². The number of nitrogens with zero attached hydrogens (tertiary/aromatic N) is 4. The molecule has 0 bridgehead atoms. The molecule has 2 heterocycles. The van der Waals surface area contributed by atoms with Crippen LogP contribution in [0.2, 0.25) is 0 Å². The molecule has 22 heavy (non-hydrogen) atoms. The summed E-state index contributed by atoms with van der Waals surface area (Å²) in [6.45, 7) is 2.45. The third-order valence-corrected chi connectivity index (χ3v) is 3.72. The van der Waals surface area contributed by atoms with E-state index in [0.717, 1.165) is 12.8 Å². The summed E-state index contributed by atoms with van der Waals surface area (Å²) in [7, 11) is 0. The Morgan fingerprint density at radius 2 is 2.41 bits per heavy atom. The lowest BCUT2D eigenvalue weighted by Crippen LogP contribution is -2.33. The van der Waals surface area contributed by atoms with Crippen LogP contribution in [0.3, 0.4) is 0 Å². The molecule has 1 aliphatic rings. The largest absolute Gasteiger partial charge is 0.466 e. The quantitative estimate of drug-likeness (QED) is 0.739. The average Bonchev–Trinajstić information content (AvgIpc) is 2.90. The Hall–Kier alpha value is -2.16. The smallest absolute Gasteiger partial charge is 0.278 e. The van der Waals surface area contributed by atoms with Gasteiger partial charge in [0.1, 0.15) is 0 Å². The van der Waals surface area contributed by atoms with E-state index in [1.165, 1.54) is 30.4 Å². The summed E-state index contributed by atoms with van der Waals surface area (Å²) >= 11 is 1.31. The Bertz CT molecular complexity index is 552. The van der Waals surface area contributed by atoms with E-state index < -0.39 is 5.91 Å². The van der Waals surface area contributed by atoms with Gasteiger partial charge >= 0.3 is 0 Å². The number of amides is 2. The number of carbonyl (C=O) groups is 2. The number of hydrogen-bond acceptors (Lipinski definition) is 7. The first kappa shape index (κ1) is 16.2. The fourth-order valence-corrected chi connectivity index (χ4v) is 2.53. The molecule has 0 atom stereocenters. The minimum Gasteiger partial charge on any atom is -0.466 e. The van der Waals surface area contributed by atoms with E-state index in [1.807, 2.05) is 0 Å². The van der Waals surface area contributed by atoms with E-state index in [1.54, 1.807) is 4.90 Å². The van der Waals surface area contributed by atoms with Crippen LogP contribution in [0.1, 0.15) is 19.8 Å². The van der Waals surface area contributed by atoms with Crippen LogP contribution in [0.15, 0.2) is 23.7 Å². The van der Waals surface area contributed by atoms with Crippen molar-refractivity contribution in [2.75, 3.05) is 18.9 Å². The first-order valence-electron chi connectivity index (χ1n) is 6.89. The van der Waals surface area contributed by atoms with Crippen molar-refractivity contribution in [3.8, 4) is 5.88 Å². The second-order valence-electron chi connectivity index (χ2n) is 4.45. The van der Waals surface area contributed by atoms with Gasteiger partial charge in [-0.3, -0.25) is 19.5 Å². The summed E-state index contributed by atoms with van der Waals surface area (Å²) in [4.78, 5) is 32.7. The van der Waals surface area contributed by atoms with Crippen molar-refractivity contribution < 1.29 is 14.3 Å². The van der Waals surface area contributed by atoms with E-state index in [0.29, 0.717) is 17.5 Å². The fourth-order valence-electron chi connectivity index (χ4n) is 1.66. The van der Waals surface area contributed by atoms with Crippen molar-refractivity contribution in [1.82, 2.24) is 20.3 Å². The molecule has 0 radical (unpaired) electrons. The number of nitrogens with one attached hydrogen (secondary N) is 1. The highest BCUT2D eigenvalue weighted by molar-refractivity contribution is 8.15. The van der Waals surface area contributed by atoms with Crippen LogP contribution >= 0.6 is 11.8 Å². The molecule has 9 heteroatoms. The van der Waals surface area contributed by atoms with Gasteiger partial charge in [-0.2, -0.15) is 0 Å². The molecule has 0 aliphatic carbocycles. The molecular formula is C13H17N5O3S. The standard InChI is InChI=1S/C13H17N5O3S/c1-2-3-6-18-12(20)9-22-13(18)17-16-10(19)8-21-11-7-14-4-5-15-11/h4-5,7H,2-3,6,8-9H2,1H3,(H,16,19)/b17-13+. The zero-order valence-electron chi connectivity index (χ0n) is 12.2. The van der Waals surface area contributed by atoms with Crippen molar-refractivity contribution in [2.24, 2.45) is 5.10 Å². The zero-order chi connectivity index (χ0) is 15.8. The van der Waals surface area contributed by atoms with Gasteiger partial charge in [0.15, 0.2) is 11.8 Å². The zero-order valence-corrected chi connectivity index (χ0v) is 13.0. The fraction of sp³-hybridized carbons (Fsp3) is 0.462. The molecule has 0 aromatic carbocycles. The first-order chi connectivity index (χ1) is 10.7. The van der Waals surface area contributed by atoms with Gasteiger partial charge in [0, 0.05) is 18.9 Å². The van der Waals surface area contributed by atoms with E-state index in [4.69, 9.17) is 4.74 Å². The van der Waals surface area contributed by atoms with Crippen LogP contribution in [0.25, 0.3) is 0 Å². The molecule has 2 rings (SSSR count). The van der Waals surface area contributed by atoms with Crippen LogP contribution in [0.5, 0.6) is 5.88 Å². The SMILES string of the molecule is CCCCN1C(=O)CS/C1=N/NC(=O)COc1cnccn1. The number of ether oxygens (including phenoxy) is 1. The van der Waals surface area contributed by atoms with Gasteiger partial charge in [-0.1, -0.05) is 25.1 Å². The second kappa shape index (κ2) is 8.32. The third-order valence-electron chi connectivity index (χ3n) is 2.76. The third kappa shape index (κ3) is 4.69. The summed E-state index contributed by atoms with van der Waals surface area (Å²) in [5.41, 5.74) is 2.38. The molecular weight excluding hydrogens is 306 g/mol. The van der Waals surface area contributed by atoms with Crippen LogP contribution in [0.4, 0.5) is 0 Å². The van der Waals surface area contributed by atoms with Gasteiger partial charge in [-0.25, -0.2) is 10.4 Å². The summed E-state index contributed by atoms with van der Waals surface area (Å²) in [6.07, 6.45) is 6.28. The number of hydrogen-bond donors (Lipinski definition) is 1. The maximum atomic E-state index is 11.7. The molecule has 1 aromatic rings. The molecule has 1 N–H and O–H groups in total. The second-order valence-corrected chi connectivity index (χ2v) is 5.39. The van der Waals surface area contributed by atoms with E-state index in [-0.39, 0.29) is 18.4 Å². The first-order valence-corrected chi connectivity index (χ1v) is 7.87. The van der Waals surface area contributed by atoms with Crippen molar-refractivity contribution in [3.05, 3.63) is 18.6 Å². The molecule has 118 valence electrons. The molecule has 1 saturated heterocycles. The predicted octanol–water partition coefficient (Wildman–Crippen LogP) is 0.618. The van der Waals surface area contributed by atoms with Gasteiger partial charge < -0.3 is 4.74 Å². The molecule has 0 unspecified atom stereocenters. The van der Waals surface area contributed by atoms with Crippen molar-refractivity contribution >= 4 is 28.7 Å². The van der Waals surface area contributed by atoms with E-state index in [2.05, 4.69) is 27.4 Å². The molecule has 0 saturated carbocycles. The van der Waals surface area contributed by atoms with Gasteiger partial charge in [0.05, 0.1) is 11.9 Å². The highest BCUT2D eigenvalue weighted by atomic mass is 32.2. The van der Waals surface area contributed by atoms with Crippen LogP contribution in [-0.2, 0) is 9.59 Å². The number of carbonyl (C=O) groups excluding carboxylic acids is 2. The maximum absolute atomic E-state index is 11.7. The van der Waals surface area contributed by atoms with E-state index >= 15 is 0 Å².